The van der Waals surface area contributed by atoms with Gasteiger partial charge in [-0.2, -0.15) is 0 Å². The van der Waals surface area contributed by atoms with Crippen LogP contribution in [0.1, 0.15) is 47.0 Å². The predicted octanol–water partition coefficient (Wildman–Crippen LogP) is 4.61. The van der Waals surface area contributed by atoms with E-state index in [1.54, 1.807) is 23.1 Å². The molecule has 4 N–H and O–H groups in total. The second-order valence-electron chi connectivity index (χ2n) is 10.9. The number of anilines is 2. The van der Waals surface area contributed by atoms with Crippen LogP contribution in [0, 0.1) is 11.7 Å². The highest BCUT2D eigenvalue weighted by molar-refractivity contribution is 6.19. The molecule has 2 aliphatic heterocycles. The number of halogens is 1. The number of hydrogen-bond acceptors (Lipinski definition) is 5. The Morgan fingerprint density at radius 1 is 1.13 bits per heavy atom. The summed E-state index contributed by atoms with van der Waals surface area (Å²) < 4.78 is 15.1. The summed E-state index contributed by atoms with van der Waals surface area (Å²) in [5.74, 6) is 0.594. The largest absolute Gasteiger partial charge is 0.330 e. The first-order valence-electron chi connectivity index (χ1n) is 13.4. The van der Waals surface area contributed by atoms with Crippen molar-refractivity contribution in [1.29, 1.82) is 0 Å². The van der Waals surface area contributed by atoms with Gasteiger partial charge in [-0.1, -0.05) is 26.0 Å². The number of nitrogens with zero attached hydrogens (tertiary/aromatic N) is 3. The van der Waals surface area contributed by atoms with Gasteiger partial charge >= 0.3 is 6.03 Å². The summed E-state index contributed by atoms with van der Waals surface area (Å²) in [4.78, 5) is 34.4. The first kappa shape index (κ1) is 27.7. The molecule has 0 unspecified atom stereocenters. The minimum Gasteiger partial charge on any atom is -0.330 e. The quantitative estimate of drug-likeness (QED) is 0.471. The van der Waals surface area contributed by atoms with Crippen LogP contribution in [0.3, 0.4) is 0 Å². The number of piperidine rings is 1. The number of aliphatic imine (C=N–C) groups is 1. The van der Waals surface area contributed by atoms with Gasteiger partial charge in [0.25, 0.3) is 0 Å². The number of rotatable bonds is 8. The highest BCUT2D eigenvalue weighted by Crippen LogP contribution is 2.40. The summed E-state index contributed by atoms with van der Waals surface area (Å²) in [5.41, 5.74) is 7.26. The number of amidine groups is 1. The molecule has 0 bridgehead atoms. The fraction of sp³-hybridized carbons (Fsp3) is 0.483. The summed E-state index contributed by atoms with van der Waals surface area (Å²) >= 11 is 0. The van der Waals surface area contributed by atoms with Crippen molar-refractivity contribution in [2.24, 2.45) is 16.6 Å². The van der Waals surface area contributed by atoms with Crippen molar-refractivity contribution in [2.45, 2.75) is 58.5 Å². The molecule has 3 amide bonds. The van der Waals surface area contributed by atoms with E-state index in [2.05, 4.69) is 29.4 Å². The van der Waals surface area contributed by atoms with Gasteiger partial charge in [-0.15, -0.1) is 0 Å². The van der Waals surface area contributed by atoms with E-state index in [1.807, 2.05) is 26.0 Å². The second-order valence-corrected chi connectivity index (χ2v) is 10.9. The summed E-state index contributed by atoms with van der Waals surface area (Å²) in [5, 5.41) is 5.83. The lowest BCUT2D eigenvalue weighted by Gasteiger charge is -2.44. The molecule has 2 heterocycles. The van der Waals surface area contributed by atoms with E-state index >= 15 is 4.39 Å². The van der Waals surface area contributed by atoms with Crippen molar-refractivity contribution in [3.05, 3.63) is 48.3 Å². The zero-order valence-electron chi connectivity index (χ0n) is 22.8. The van der Waals surface area contributed by atoms with Crippen molar-refractivity contribution < 1.29 is 14.0 Å². The lowest BCUT2D eigenvalue weighted by atomic mass is 9.84. The van der Waals surface area contributed by atoms with Gasteiger partial charge in [-0.3, -0.25) is 20.0 Å². The van der Waals surface area contributed by atoms with Gasteiger partial charge in [0, 0.05) is 44.3 Å². The maximum absolute atomic E-state index is 15.1. The van der Waals surface area contributed by atoms with Gasteiger partial charge in [0.05, 0.1) is 5.69 Å². The van der Waals surface area contributed by atoms with Crippen LogP contribution in [0.4, 0.5) is 20.6 Å². The average Bonchev–Trinajstić information content (AvgIpc) is 3.09. The molecule has 2 aliphatic rings. The minimum absolute atomic E-state index is 0.0103. The Hall–Kier alpha value is -3.30. The highest BCUT2D eigenvalue weighted by Gasteiger charge is 2.53. The molecule has 204 valence electrons. The molecule has 0 radical (unpaired) electrons. The van der Waals surface area contributed by atoms with E-state index in [9.17, 15) is 9.59 Å². The van der Waals surface area contributed by atoms with Crippen LogP contribution in [-0.2, 0) is 4.79 Å². The number of carbonyl (C=O) groups is 2. The fourth-order valence-corrected chi connectivity index (χ4v) is 5.43. The SMILES string of the molecule is CC(C)CN1CCC2(CC1)C(=NC(C)C)NC(=O)N2c1cc(F)cc(-c2cccc(NC(=O)CCN)c2)c1. The molecule has 0 aliphatic carbocycles. The Balaban J connectivity index is 1.71. The molecule has 0 saturated carbocycles. The third kappa shape index (κ3) is 6.05. The lowest BCUT2D eigenvalue weighted by molar-refractivity contribution is -0.116. The number of amides is 3. The number of nitrogens with two attached hydrogens (primary N) is 1. The molecule has 8 nitrogen and oxygen atoms in total. The van der Waals surface area contributed by atoms with Crippen LogP contribution >= 0.6 is 0 Å². The van der Waals surface area contributed by atoms with Crippen molar-refractivity contribution >= 4 is 29.1 Å². The van der Waals surface area contributed by atoms with Gasteiger partial charge in [-0.25, -0.2) is 9.18 Å². The number of carbonyl (C=O) groups excluding carboxylic acids is 2. The summed E-state index contributed by atoms with van der Waals surface area (Å²) in [6, 6.07) is 11.6. The fourth-order valence-electron chi connectivity index (χ4n) is 5.43. The number of hydrogen-bond donors (Lipinski definition) is 3. The number of likely N-dealkylation sites (tertiary alicyclic amines) is 1. The molecular weight excluding hydrogens is 483 g/mol. The van der Waals surface area contributed by atoms with E-state index in [0.717, 1.165) is 25.2 Å². The topological polar surface area (TPSA) is 103 Å². The first-order valence-corrected chi connectivity index (χ1v) is 13.4. The van der Waals surface area contributed by atoms with Crippen molar-refractivity contribution in [1.82, 2.24) is 10.2 Å². The minimum atomic E-state index is -0.655. The van der Waals surface area contributed by atoms with Gasteiger partial charge < -0.3 is 16.0 Å². The molecule has 38 heavy (non-hydrogen) atoms. The standard InChI is InChI=1S/C29H39FN6O2/c1-19(2)18-35-12-9-29(10-13-35)27(32-20(3)4)34-28(38)36(29)25-16-22(14-23(30)17-25)21-6-5-7-24(15-21)33-26(37)8-11-31/h5-7,14-17,19-20H,8-13,18,31H2,1-4H3,(H,33,37)(H,32,34,38). The van der Waals surface area contributed by atoms with E-state index in [4.69, 9.17) is 10.7 Å². The first-order chi connectivity index (χ1) is 18.1. The van der Waals surface area contributed by atoms with Crippen molar-refractivity contribution in [3.63, 3.8) is 0 Å². The van der Waals surface area contributed by atoms with E-state index in [0.29, 0.717) is 41.5 Å². The molecule has 2 aromatic rings. The normalized spacial score (nSPS) is 18.6. The Morgan fingerprint density at radius 2 is 1.87 bits per heavy atom. The van der Waals surface area contributed by atoms with Crippen LogP contribution in [0.2, 0.25) is 0 Å². The Labute approximate surface area is 224 Å². The molecule has 9 heteroatoms. The molecule has 4 rings (SSSR count). The third-order valence-electron chi connectivity index (χ3n) is 6.98. The Kier molecular flexibility index (Phi) is 8.47. The van der Waals surface area contributed by atoms with Gasteiger partial charge in [0.1, 0.15) is 17.2 Å². The maximum atomic E-state index is 15.1. The van der Waals surface area contributed by atoms with Crippen LogP contribution < -0.4 is 21.3 Å². The summed E-state index contributed by atoms with van der Waals surface area (Å²) in [6.07, 6.45) is 1.63. The van der Waals surface area contributed by atoms with Crippen LogP contribution in [-0.4, -0.2) is 60.4 Å². The molecule has 0 aromatic heterocycles. The molecular formula is C29H39FN6O2. The third-order valence-corrected chi connectivity index (χ3v) is 6.98. The predicted molar refractivity (Wildman–Crippen MR) is 151 cm³/mol. The van der Waals surface area contributed by atoms with Crippen LogP contribution in [0.25, 0.3) is 11.1 Å². The van der Waals surface area contributed by atoms with E-state index in [1.165, 1.54) is 12.1 Å². The van der Waals surface area contributed by atoms with Crippen molar-refractivity contribution in [3.8, 4) is 11.1 Å². The van der Waals surface area contributed by atoms with Gasteiger partial charge in [0.2, 0.25) is 5.91 Å². The second kappa shape index (κ2) is 11.6. The van der Waals surface area contributed by atoms with Gasteiger partial charge in [0.15, 0.2) is 0 Å². The molecule has 1 spiro atoms. The Bertz CT molecular complexity index is 1200. The zero-order valence-corrected chi connectivity index (χ0v) is 22.8. The highest BCUT2D eigenvalue weighted by atomic mass is 19.1. The molecule has 2 fully saturated rings. The zero-order chi connectivity index (χ0) is 27.4. The Morgan fingerprint density at radius 3 is 2.53 bits per heavy atom. The van der Waals surface area contributed by atoms with Crippen LogP contribution in [0.15, 0.2) is 47.5 Å². The molecule has 0 atom stereocenters. The van der Waals surface area contributed by atoms with Crippen LogP contribution in [0.5, 0.6) is 0 Å². The van der Waals surface area contributed by atoms with E-state index < -0.39 is 11.4 Å². The summed E-state index contributed by atoms with van der Waals surface area (Å²) in [6.45, 7) is 11.3. The maximum Gasteiger partial charge on any atom is 0.328 e. The molecule has 2 aromatic carbocycles. The smallest absolute Gasteiger partial charge is 0.328 e. The van der Waals surface area contributed by atoms with E-state index in [-0.39, 0.29) is 30.9 Å². The van der Waals surface area contributed by atoms with Crippen molar-refractivity contribution in [2.75, 3.05) is 36.4 Å². The summed E-state index contributed by atoms with van der Waals surface area (Å²) in [7, 11) is 0. The average molecular weight is 523 g/mol. The van der Waals surface area contributed by atoms with Gasteiger partial charge in [-0.05, 0) is 74.1 Å². The number of benzene rings is 2. The number of urea groups is 1. The lowest BCUT2D eigenvalue weighted by Crippen LogP contribution is -2.57. The number of nitrogens with one attached hydrogen (secondary N) is 2. The molecule has 2 saturated heterocycles. The monoisotopic (exact) mass is 522 g/mol.